The van der Waals surface area contributed by atoms with Gasteiger partial charge >= 0.3 is 0 Å². The first kappa shape index (κ1) is 20.2. The van der Waals surface area contributed by atoms with Crippen LogP contribution in [0, 0.1) is 0 Å². The Kier molecular flexibility index (Phi) is 6.78. The van der Waals surface area contributed by atoms with E-state index in [4.69, 9.17) is 34.8 Å². The van der Waals surface area contributed by atoms with E-state index in [1.54, 1.807) is 12.1 Å². The van der Waals surface area contributed by atoms with Crippen molar-refractivity contribution in [3.05, 3.63) is 52.0 Å². The molecule has 1 aromatic heterocycles. The Morgan fingerprint density at radius 2 is 1.93 bits per heavy atom. The number of fused-ring (bicyclic) bond motifs is 1. The summed E-state index contributed by atoms with van der Waals surface area (Å²) in [6, 6.07) is 11.3. The first-order valence-electron chi connectivity index (χ1n) is 8.12. The van der Waals surface area contributed by atoms with E-state index < -0.39 is 0 Å². The predicted octanol–water partition coefficient (Wildman–Crippen LogP) is 6.82. The summed E-state index contributed by atoms with van der Waals surface area (Å²) in [7, 11) is 0. The van der Waals surface area contributed by atoms with Crippen LogP contribution in [0.15, 0.2) is 46.6 Å². The molecule has 0 saturated heterocycles. The standard InChI is InChI=1S/C18H15Cl3N4OS/c1-10(22-9-8-15(20)26)11-2-4-12(5-3-11)24-25-18-23-14-7-6-13(19)16(21)17(14)27-18/h2-7,10,22H,8-9H2,1H3. The molecule has 140 valence electrons. The van der Waals surface area contributed by atoms with Gasteiger partial charge in [0.1, 0.15) is 0 Å². The van der Waals surface area contributed by atoms with E-state index in [9.17, 15) is 4.79 Å². The molecule has 2 aromatic carbocycles. The average Bonchev–Trinajstić information content (AvgIpc) is 3.07. The summed E-state index contributed by atoms with van der Waals surface area (Å²) in [5, 5.41) is 12.8. The molecule has 0 radical (unpaired) electrons. The van der Waals surface area contributed by atoms with Crippen LogP contribution < -0.4 is 5.32 Å². The fourth-order valence-corrected chi connectivity index (χ4v) is 3.81. The number of carbonyl (C=O) groups is 1. The first-order chi connectivity index (χ1) is 12.9. The number of rotatable bonds is 7. The van der Waals surface area contributed by atoms with E-state index in [1.165, 1.54) is 11.3 Å². The van der Waals surface area contributed by atoms with Crippen LogP contribution in [0.5, 0.6) is 0 Å². The Labute approximate surface area is 175 Å². The average molecular weight is 442 g/mol. The monoisotopic (exact) mass is 440 g/mol. The van der Waals surface area contributed by atoms with Crippen LogP contribution in [0.3, 0.4) is 0 Å². The van der Waals surface area contributed by atoms with E-state index in [2.05, 4.69) is 20.5 Å². The Morgan fingerprint density at radius 3 is 2.63 bits per heavy atom. The molecule has 0 amide bonds. The molecule has 1 unspecified atom stereocenters. The number of benzene rings is 2. The number of aromatic nitrogens is 1. The predicted molar refractivity (Wildman–Crippen MR) is 112 cm³/mol. The van der Waals surface area contributed by atoms with E-state index >= 15 is 0 Å². The van der Waals surface area contributed by atoms with Gasteiger partial charge in [-0.25, -0.2) is 4.98 Å². The molecule has 3 aromatic rings. The minimum Gasteiger partial charge on any atom is -0.310 e. The number of nitrogens with zero attached hydrogens (tertiary/aromatic N) is 3. The van der Waals surface area contributed by atoms with E-state index in [0.717, 1.165) is 15.8 Å². The molecule has 1 heterocycles. The van der Waals surface area contributed by atoms with Crippen LogP contribution >= 0.6 is 46.1 Å². The Bertz CT molecular complexity index is 988. The normalized spacial score (nSPS) is 12.7. The summed E-state index contributed by atoms with van der Waals surface area (Å²) in [4.78, 5) is 15.2. The summed E-state index contributed by atoms with van der Waals surface area (Å²) in [5.41, 5.74) is 2.54. The molecule has 0 bridgehead atoms. The molecular weight excluding hydrogens is 427 g/mol. The maximum absolute atomic E-state index is 10.8. The van der Waals surface area contributed by atoms with Gasteiger partial charge in [-0.05, 0) is 48.4 Å². The lowest BCUT2D eigenvalue weighted by molar-refractivity contribution is -0.111. The van der Waals surface area contributed by atoms with Gasteiger partial charge in [-0.15, -0.1) is 10.2 Å². The zero-order valence-electron chi connectivity index (χ0n) is 14.2. The fourth-order valence-electron chi connectivity index (χ4n) is 2.40. The van der Waals surface area contributed by atoms with E-state index in [1.807, 2.05) is 31.2 Å². The minimum absolute atomic E-state index is 0.100. The molecule has 9 heteroatoms. The van der Waals surface area contributed by atoms with Gasteiger partial charge in [-0.3, -0.25) is 4.79 Å². The quantitative estimate of drug-likeness (QED) is 0.323. The van der Waals surface area contributed by atoms with Crippen LogP contribution in [0.25, 0.3) is 10.2 Å². The zero-order chi connectivity index (χ0) is 19.4. The summed E-state index contributed by atoms with van der Waals surface area (Å²) in [5.74, 6) is 0. The Balaban J connectivity index is 1.67. The topological polar surface area (TPSA) is 66.7 Å². The molecule has 0 aliphatic rings. The molecule has 3 rings (SSSR count). The highest BCUT2D eigenvalue weighted by Gasteiger charge is 2.10. The van der Waals surface area contributed by atoms with Crippen LogP contribution in [0.2, 0.25) is 10.0 Å². The molecule has 27 heavy (non-hydrogen) atoms. The molecular formula is C18H15Cl3N4OS. The number of hydrogen-bond acceptors (Lipinski definition) is 6. The molecule has 0 fully saturated rings. The highest BCUT2D eigenvalue weighted by atomic mass is 35.5. The molecule has 0 aliphatic carbocycles. The smallest absolute Gasteiger partial charge is 0.231 e. The lowest BCUT2D eigenvalue weighted by atomic mass is 10.1. The van der Waals surface area contributed by atoms with Gasteiger partial charge in [0.15, 0.2) is 0 Å². The third kappa shape index (κ3) is 5.24. The molecule has 0 spiro atoms. The Hall–Kier alpha value is -1.57. The van der Waals surface area contributed by atoms with Gasteiger partial charge in [-0.1, -0.05) is 46.7 Å². The van der Waals surface area contributed by atoms with Gasteiger partial charge < -0.3 is 5.32 Å². The molecule has 0 saturated carbocycles. The second kappa shape index (κ2) is 9.08. The largest absolute Gasteiger partial charge is 0.310 e. The van der Waals surface area contributed by atoms with Gasteiger partial charge in [0.2, 0.25) is 10.4 Å². The fraction of sp³-hybridized carbons (Fsp3) is 0.222. The maximum Gasteiger partial charge on any atom is 0.231 e. The van der Waals surface area contributed by atoms with Crippen molar-refractivity contribution in [1.29, 1.82) is 0 Å². The van der Waals surface area contributed by atoms with Crippen LogP contribution in [0.1, 0.15) is 24.9 Å². The van der Waals surface area contributed by atoms with Gasteiger partial charge in [0.25, 0.3) is 0 Å². The number of hydrogen-bond donors (Lipinski definition) is 1. The SMILES string of the molecule is CC(NCCC(=O)Cl)c1ccc(N=Nc2nc3ccc(Cl)c(Cl)c3s2)cc1. The van der Waals surface area contributed by atoms with Crippen molar-refractivity contribution in [1.82, 2.24) is 10.3 Å². The highest BCUT2D eigenvalue weighted by Crippen LogP contribution is 2.37. The van der Waals surface area contributed by atoms with Crippen molar-refractivity contribution in [2.75, 3.05) is 6.54 Å². The third-order valence-electron chi connectivity index (χ3n) is 3.85. The van der Waals surface area contributed by atoms with Crippen molar-refractivity contribution in [2.24, 2.45) is 10.2 Å². The number of thiazole rings is 1. The minimum atomic E-state index is -0.344. The maximum atomic E-state index is 10.8. The summed E-state index contributed by atoms with van der Waals surface area (Å²) in [6.07, 6.45) is 0.301. The lowest BCUT2D eigenvalue weighted by Crippen LogP contribution is -2.20. The summed E-state index contributed by atoms with van der Waals surface area (Å²) < 4.78 is 0.795. The number of carbonyl (C=O) groups excluding carboxylic acids is 1. The number of nitrogens with one attached hydrogen (secondary N) is 1. The van der Waals surface area contributed by atoms with Crippen LogP contribution in [-0.2, 0) is 4.79 Å². The van der Waals surface area contributed by atoms with Crippen molar-refractivity contribution in [2.45, 2.75) is 19.4 Å². The van der Waals surface area contributed by atoms with Gasteiger partial charge in [-0.2, -0.15) is 0 Å². The molecule has 1 N–H and O–H groups in total. The van der Waals surface area contributed by atoms with E-state index in [-0.39, 0.29) is 11.3 Å². The second-order valence-electron chi connectivity index (χ2n) is 5.78. The molecule has 1 atom stereocenters. The van der Waals surface area contributed by atoms with Gasteiger partial charge in [0.05, 0.1) is 25.9 Å². The third-order valence-corrected chi connectivity index (χ3v) is 5.93. The Morgan fingerprint density at radius 1 is 1.19 bits per heavy atom. The van der Waals surface area contributed by atoms with Crippen molar-refractivity contribution < 1.29 is 4.79 Å². The van der Waals surface area contributed by atoms with Crippen molar-refractivity contribution >= 4 is 72.4 Å². The van der Waals surface area contributed by atoms with Gasteiger partial charge in [0, 0.05) is 19.0 Å². The van der Waals surface area contributed by atoms with E-state index in [0.29, 0.717) is 33.8 Å². The summed E-state index contributed by atoms with van der Waals surface area (Å²) in [6.45, 7) is 2.56. The highest BCUT2D eigenvalue weighted by molar-refractivity contribution is 7.22. The lowest BCUT2D eigenvalue weighted by Gasteiger charge is -2.13. The number of halogens is 3. The first-order valence-corrected chi connectivity index (χ1v) is 10.1. The zero-order valence-corrected chi connectivity index (χ0v) is 17.3. The molecule has 0 aliphatic heterocycles. The number of azo groups is 1. The van der Waals surface area contributed by atoms with Crippen LogP contribution in [-0.4, -0.2) is 16.8 Å². The van der Waals surface area contributed by atoms with Crippen LogP contribution in [0.4, 0.5) is 10.8 Å². The van der Waals surface area contributed by atoms with Crippen molar-refractivity contribution in [3.8, 4) is 0 Å². The second-order valence-corrected chi connectivity index (χ2v) is 7.96. The van der Waals surface area contributed by atoms with Crippen molar-refractivity contribution in [3.63, 3.8) is 0 Å². The molecule has 5 nitrogen and oxygen atoms in total. The summed E-state index contributed by atoms with van der Waals surface area (Å²) >= 11 is 18.9.